The van der Waals surface area contributed by atoms with Crippen LogP contribution in [0.15, 0.2) is 6.07 Å². The van der Waals surface area contributed by atoms with Crippen LogP contribution in [0, 0.1) is 0 Å². The number of hydrogen-bond acceptors (Lipinski definition) is 9. The van der Waals surface area contributed by atoms with E-state index < -0.39 is 0 Å². The molecule has 1 heterocycles. The number of benzene rings is 1. The van der Waals surface area contributed by atoms with Gasteiger partial charge in [-0.25, -0.2) is 0 Å². The summed E-state index contributed by atoms with van der Waals surface area (Å²) in [6.07, 6.45) is 0. The first-order valence-electron chi connectivity index (χ1n) is 8.55. The van der Waals surface area contributed by atoms with E-state index in [-0.39, 0.29) is 17.7 Å². The van der Waals surface area contributed by atoms with E-state index in [9.17, 15) is 0 Å². The molecule has 0 unspecified atom stereocenters. The van der Waals surface area contributed by atoms with E-state index in [0.717, 1.165) is 0 Å². The molecule has 0 amide bonds. The lowest BCUT2D eigenvalue weighted by Gasteiger charge is -2.21. The van der Waals surface area contributed by atoms with Crippen molar-refractivity contribution in [2.45, 2.75) is 27.7 Å². The molecule has 2 aromatic rings. The van der Waals surface area contributed by atoms with Crippen LogP contribution in [0.1, 0.15) is 27.7 Å². The minimum Gasteiger partial charge on any atom is -0.490 e. The van der Waals surface area contributed by atoms with Gasteiger partial charge in [0.15, 0.2) is 28.8 Å². The molecule has 142 valence electrons. The number of hydrogen-bond donors (Lipinski definition) is 2. The maximum absolute atomic E-state index is 5.83. The van der Waals surface area contributed by atoms with Crippen molar-refractivity contribution < 1.29 is 18.9 Å². The van der Waals surface area contributed by atoms with Crippen LogP contribution in [0.5, 0.6) is 23.0 Å². The number of nitrogens with two attached hydrogens (primary N) is 2. The van der Waals surface area contributed by atoms with E-state index in [0.29, 0.717) is 55.0 Å². The monoisotopic (exact) mass is 363 g/mol. The molecule has 1 aromatic carbocycles. The van der Waals surface area contributed by atoms with Gasteiger partial charge in [-0.3, -0.25) is 0 Å². The summed E-state index contributed by atoms with van der Waals surface area (Å²) in [5.41, 5.74) is 12.0. The maximum Gasteiger partial charge on any atom is 0.225 e. The topological polar surface area (TPSA) is 128 Å². The fourth-order valence-corrected chi connectivity index (χ4v) is 2.42. The van der Waals surface area contributed by atoms with Crippen LogP contribution in [0.4, 0.5) is 11.9 Å². The van der Waals surface area contributed by atoms with E-state index in [1.807, 2.05) is 27.7 Å². The average Bonchev–Trinajstić information content (AvgIpc) is 2.58. The summed E-state index contributed by atoms with van der Waals surface area (Å²) in [5.74, 6) is 2.08. The van der Waals surface area contributed by atoms with Crippen LogP contribution >= 0.6 is 0 Å². The summed E-state index contributed by atoms with van der Waals surface area (Å²) in [4.78, 5) is 12.2. The molecular weight excluding hydrogens is 338 g/mol. The van der Waals surface area contributed by atoms with Gasteiger partial charge in [-0.15, -0.1) is 0 Å². The van der Waals surface area contributed by atoms with Crippen molar-refractivity contribution in [3.8, 4) is 34.4 Å². The molecule has 9 nitrogen and oxygen atoms in total. The Morgan fingerprint density at radius 2 is 1.12 bits per heavy atom. The maximum atomic E-state index is 5.83. The summed E-state index contributed by atoms with van der Waals surface area (Å²) < 4.78 is 23.1. The molecule has 0 aliphatic heterocycles. The number of nitrogens with zero attached hydrogens (tertiary/aromatic N) is 3. The number of aromatic nitrogens is 3. The molecule has 0 radical (unpaired) electrons. The van der Waals surface area contributed by atoms with E-state index >= 15 is 0 Å². The van der Waals surface area contributed by atoms with Crippen molar-refractivity contribution >= 4 is 11.9 Å². The third kappa shape index (κ3) is 4.16. The smallest absolute Gasteiger partial charge is 0.225 e. The second-order valence-electron chi connectivity index (χ2n) is 5.01. The van der Waals surface area contributed by atoms with E-state index in [1.54, 1.807) is 6.07 Å². The highest BCUT2D eigenvalue weighted by Gasteiger charge is 2.26. The van der Waals surface area contributed by atoms with Gasteiger partial charge in [-0.1, -0.05) is 0 Å². The minimum absolute atomic E-state index is 0.00262. The summed E-state index contributed by atoms with van der Waals surface area (Å²) in [5, 5.41) is 0. The Kier molecular flexibility index (Phi) is 6.65. The highest BCUT2D eigenvalue weighted by molar-refractivity contribution is 5.80. The largest absolute Gasteiger partial charge is 0.490 e. The number of ether oxygens (including phenoxy) is 4. The lowest BCUT2D eigenvalue weighted by atomic mass is 10.1. The Morgan fingerprint density at radius 1 is 0.692 bits per heavy atom. The molecule has 26 heavy (non-hydrogen) atoms. The lowest BCUT2D eigenvalue weighted by Crippen LogP contribution is -2.09. The summed E-state index contributed by atoms with van der Waals surface area (Å²) in [7, 11) is 0. The zero-order valence-electron chi connectivity index (χ0n) is 15.5. The van der Waals surface area contributed by atoms with Crippen molar-refractivity contribution in [1.29, 1.82) is 0 Å². The van der Waals surface area contributed by atoms with Gasteiger partial charge >= 0.3 is 0 Å². The standard InChI is InChI=1S/C17H25N5O4/c1-5-23-10-9-11(24-6-2)14(26-8-4)12(13(10)25-7-3)15-20-16(18)22-17(19)21-15/h9H,5-8H2,1-4H3,(H4,18,19,20,21,22). The van der Waals surface area contributed by atoms with Gasteiger partial charge in [0.25, 0.3) is 0 Å². The normalized spacial score (nSPS) is 10.5. The van der Waals surface area contributed by atoms with Crippen molar-refractivity contribution in [3.63, 3.8) is 0 Å². The second kappa shape index (κ2) is 8.93. The molecule has 4 N–H and O–H groups in total. The summed E-state index contributed by atoms with van der Waals surface area (Å²) in [6, 6.07) is 1.74. The Bertz CT molecular complexity index is 700. The molecule has 0 spiro atoms. The summed E-state index contributed by atoms with van der Waals surface area (Å²) >= 11 is 0. The molecule has 9 heteroatoms. The highest BCUT2D eigenvalue weighted by atomic mass is 16.5. The summed E-state index contributed by atoms with van der Waals surface area (Å²) in [6.45, 7) is 9.20. The van der Waals surface area contributed by atoms with Crippen LogP contribution in [-0.2, 0) is 0 Å². The first-order valence-corrected chi connectivity index (χ1v) is 8.55. The van der Waals surface area contributed by atoms with E-state index in [4.69, 9.17) is 30.4 Å². The van der Waals surface area contributed by atoms with Crippen molar-refractivity contribution in [2.24, 2.45) is 0 Å². The average molecular weight is 363 g/mol. The van der Waals surface area contributed by atoms with Crippen molar-refractivity contribution in [2.75, 3.05) is 37.9 Å². The predicted molar refractivity (Wildman–Crippen MR) is 98.8 cm³/mol. The fourth-order valence-electron chi connectivity index (χ4n) is 2.42. The van der Waals surface area contributed by atoms with Gasteiger partial charge in [-0.05, 0) is 27.7 Å². The molecule has 1 aromatic heterocycles. The quantitative estimate of drug-likeness (QED) is 0.689. The zero-order valence-corrected chi connectivity index (χ0v) is 15.5. The molecule has 0 bridgehead atoms. The van der Waals surface area contributed by atoms with Crippen molar-refractivity contribution in [1.82, 2.24) is 15.0 Å². The zero-order chi connectivity index (χ0) is 19.1. The number of anilines is 2. The van der Waals surface area contributed by atoms with E-state index in [1.165, 1.54) is 0 Å². The van der Waals surface area contributed by atoms with Crippen LogP contribution in [0.3, 0.4) is 0 Å². The Hall–Kier alpha value is -2.97. The molecule has 0 saturated carbocycles. The lowest BCUT2D eigenvalue weighted by molar-refractivity contribution is 0.267. The second-order valence-corrected chi connectivity index (χ2v) is 5.01. The Labute approximate surface area is 152 Å². The van der Waals surface area contributed by atoms with Crippen molar-refractivity contribution in [3.05, 3.63) is 6.07 Å². The molecule has 0 fully saturated rings. The Morgan fingerprint density at radius 3 is 1.50 bits per heavy atom. The third-order valence-electron chi connectivity index (χ3n) is 3.23. The van der Waals surface area contributed by atoms with Gasteiger partial charge in [0.1, 0.15) is 5.56 Å². The Balaban J connectivity index is 2.84. The number of rotatable bonds is 9. The minimum atomic E-state index is -0.00262. The molecule has 2 rings (SSSR count). The van der Waals surface area contributed by atoms with Crippen LogP contribution < -0.4 is 30.4 Å². The fraction of sp³-hybridized carbons (Fsp3) is 0.471. The first kappa shape index (κ1) is 19.4. The van der Waals surface area contributed by atoms with Gasteiger partial charge in [0.05, 0.1) is 26.4 Å². The number of nitrogen functional groups attached to an aromatic ring is 2. The van der Waals surface area contributed by atoms with Gasteiger partial charge in [-0.2, -0.15) is 15.0 Å². The molecular formula is C17H25N5O4. The van der Waals surface area contributed by atoms with Gasteiger partial charge < -0.3 is 30.4 Å². The van der Waals surface area contributed by atoms with Gasteiger partial charge in [0, 0.05) is 6.07 Å². The molecule has 0 saturated heterocycles. The van der Waals surface area contributed by atoms with Crippen LogP contribution in [-0.4, -0.2) is 41.4 Å². The molecule has 0 atom stereocenters. The molecule has 0 aliphatic rings. The highest BCUT2D eigenvalue weighted by Crippen LogP contribution is 2.49. The SMILES string of the molecule is CCOc1cc(OCC)c(OCC)c(-c2nc(N)nc(N)n2)c1OCC. The van der Waals surface area contributed by atoms with E-state index in [2.05, 4.69) is 15.0 Å². The van der Waals surface area contributed by atoms with Crippen LogP contribution in [0.2, 0.25) is 0 Å². The van der Waals surface area contributed by atoms with Crippen LogP contribution in [0.25, 0.3) is 11.4 Å². The first-order chi connectivity index (χ1) is 12.5. The third-order valence-corrected chi connectivity index (χ3v) is 3.23. The molecule has 0 aliphatic carbocycles. The van der Waals surface area contributed by atoms with Gasteiger partial charge in [0.2, 0.25) is 11.9 Å². The predicted octanol–water partition coefficient (Wildman–Crippen LogP) is 2.30.